The number of hydrogen-bond donors (Lipinski definition) is 2. The molecule has 0 amide bonds. The number of pyridine rings is 2. The molecule has 0 bridgehead atoms. The van der Waals surface area contributed by atoms with Gasteiger partial charge >= 0.3 is 0 Å². The Morgan fingerprint density at radius 2 is 1.74 bits per heavy atom. The smallest absolute Gasteiger partial charge is 0.298 e. The average molecular weight is 484 g/mol. The summed E-state index contributed by atoms with van der Waals surface area (Å²) in [6.07, 6.45) is 2.61. The third kappa shape index (κ3) is 5.73. The number of aromatic nitrogens is 2. The van der Waals surface area contributed by atoms with Crippen LogP contribution in [-0.4, -0.2) is 27.9 Å². The van der Waals surface area contributed by atoms with Gasteiger partial charge in [-0.1, -0.05) is 6.07 Å². The van der Waals surface area contributed by atoms with Crippen molar-refractivity contribution in [3.63, 3.8) is 0 Å². The van der Waals surface area contributed by atoms with Crippen LogP contribution in [0.15, 0.2) is 53.9 Å². The van der Waals surface area contributed by atoms with Gasteiger partial charge in [-0.2, -0.15) is 13.9 Å². The van der Waals surface area contributed by atoms with E-state index in [0.717, 1.165) is 48.0 Å². The van der Waals surface area contributed by atoms with Crippen molar-refractivity contribution < 1.29 is 31.1 Å². The Balaban J connectivity index is 1.85. The minimum atomic E-state index is -3.79. The van der Waals surface area contributed by atoms with Crippen LogP contribution < -0.4 is 16.4 Å². The number of nitrogens with two attached hydrogens (primary N) is 2. The molecule has 3 aromatic rings. The maximum Gasteiger partial charge on any atom is 0.298 e. The summed E-state index contributed by atoms with van der Waals surface area (Å²) in [5.41, 5.74) is -1.47. The zero-order valence-electron chi connectivity index (χ0n) is 17.3. The molecule has 180 valence electrons. The highest BCUT2D eigenvalue weighted by Crippen LogP contribution is 2.42. The second-order valence-electron chi connectivity index (χ2n) is 7.05. The number of halogens is 6. The van der Waals surface area contributed by atoms with Crippen molar-refractivity contribution >= 4 is 6.34 Å². The number of benzene rings is 1. The van der Waals surface area contributed by atoms with Crippen LogP contribution in [0.5, 0.6) is 5.75 Å². The molecule has 0 fully saturated rings. The molecule has 0 saturated heterocycles. The van der Waals surface area contributed by atoms with Crippen molar-refractivity contribution in [3.8, 4) is 5.75 Å². The first kappa shape index (κ1) is 24.8. The van der Waals surface area contributed by atoms with E-state index in [1.807, 2.05) is 0 Å². The van der Waals surface area contributed by atoms with Gasteiger partial charge in [-0.25, -0.2) is 23.4 Å². The summed E-state index contributed by atoms with van der Waals surface area (Å²) in [5.74, 6) is 0.923. The van der Waals surface area contributed by atoms with Crippen LogP contribution in [0.4, 0.5) is 26.3 Å². The molecule has 4 N–H and O–H groups in total. The maximum atomic E-state index is 15.4. The fourth-order valence-corrected chi connectivity index (χ4v) is 3.08. The molecule has 2 aromatic heterocycles. The number of rotatable bonds is 9. The summed E-state index contributed by atoms with van der Waals surface area (Å²) in [4.78, 5) is 7.23. The molecule has 0 spiro atoms. The van der Waals surface area contributed by atoms with E-state index in [9.17, 15) is 17.6 Å². The lowest BCUT2D eigenvalue weighted by atomic mass is 9.89. The second kappa shape index (κ2) is 10.4. The topological polar surface area (TPSA) is 103 Å². The van der Waals surface area contributed by atoms with E-state index >= 15 is 8.78 Å². The summed E-state index contributed by atoms with van der Waals surface area (Å²) in [6, 6.07) is 4.89. The fourth-order valence-electron chi connectivity index (χ4n) is 3.08. The molecule has 0 aliphatic rings. The third-order valence-corrected chi connectivity index (χ3v) is 4.72. The summed E-state index contributed by atoms with van der Waals surface area (Å²) < 4.78 is 90.4. The van der Waals surface area contributed by atoms with Gasteiger partial charge in [-0.15, -0.1) is 0 Å². The Morgan fingerprint density at radius 1 is 1.00 bits per heavy atom. The predicted octanol–water partition coefficient (Wildman–Crippen LogP) is 3.57. The SMILES string of the molecule is N/N=C\N(N)CC(c1ccc(F)cc1F)C(F)(F)c1ccc(OCc2ncc(F)cc2F)cn1. The first-order valence-corrected chi connectivity index (χ1v) is 9.58. The second-order valence-corrected chi connectivity index (χ2v) is 7.05. The Morgan fingerprint density at radius 3 is 2.35 bits per heavy atom. The van der Waals surface area contributed by atoms with Gasteiger partial charge < -0.3 is 10.6 Å². The molecule has 2 heterocycles. The number of nitrogens with zero attached hydrogens (tertiary/aromatic N) is 4. The van der Waals surface area contributed by atoms with Crippen molar-refractivity contribution in [3.05, 3.63) is 89.0 Å². The zero-order chi connectivity index (χ0) is 24.9. The molecule has 3 rings (SSSR count). The number of hydrogen-bond acceptors (Lipinski definition) is 6. The number of hydrazone groups is 1. The van der Waals surface area contributed by atoms with Gasteiger partial charge in [0.15, 0.2) is 5.82 Å². The monoisotopic (exact) mass is 484 g/mol. The zero-order valence-corrected chi connectivity index (χ0v) is 17.3. The average Bonchev–Trinajstić information content (AvgIpc) is 2.78. The van der Waals surface area contributed by atoms with Crippen LogP contribution in [0.3, 0.4) is 0 Å². The first-order valence-electron chi connectivity index (χ1n) is 9.58. The van der Waals surface area contributed by atoms with E-state index in [0.29, 0.717) is 12.1 Å². The molecule has 0 aliphatic heterocycles. The fraction of sp³-hybridized carbons (Fsp3) is 0.190. The Kier molecular flexibility index (Phi) is 7.56. The standard InChI is InChI=1S/C21H18F6N6O/c22-12-1-3-15(17(24)5-12)16(9-33(29)11-32-28)21(26,27)20-4-2-14(8-31-20)34-10-19-18(25)6-13(23)7-30-19/h1-8,11,16H,9-10,28-29H2/b32-11-. The molecule has 0 aliphatic carbocycles. The van der Waals surface area contributed by atoms with Gasteiger partial charge in [0.1, 0.15) is 47.5 Å². The van der Waals surface area contributed by atoms with E-state index in [-0.39, 0.29) is 11.4 Å². The van der Waals surface area contributed by atoms with Crippen LogP contribution in [0.25, 0.3) is 0 Å². The highest BCUT2D eigenvalue weighted by Gasteiger charge is 2.45. The van der Waals surface area contributed by atoms with E-state index in [1.54, 1.807) is 0 Å². The summed E-state index contributed by atoms with van der Waals surface area (Å²) >= 11 is 0. The van der Waals surface area contributed by atoms with Crippen molar-refractivity contribution in [2.45, 2.75) is 18.4 Å². The Labute approximate surface area is 189 Å². The summed E-state index contributed by atoms with van der Waals surface area (Å²) in [6.45, 7) is -1.06. The molecule has 1 atom stereocenters. The molecule has 7 nitrogen and oxygen atoms in total. The molecule has 1 aromatic carbocycles. The summed E-state index contributed by atoms with van der Waals surface area (Å²) in [5, 5.41) is 3.86. The predicted molar refractivity (Wildman–Crippen MR) is 109 cm³/mol. The van der Waals surface area contributed by atoms with E-state index in [2.05, 4.69) is 15.1 Å². The third-order valence-electron chi connectivity index (χ3n) is 4.72. The largest absolute Gasteiger partial charge is 0.486 e. The molecular formula is C21H18F6N6O. The van der Waals surface area contributed by atoms with Crippen LogP contribution in [0.1, 0.15) is 22.9 Å². The molecule has 13 heteroatoms. The lowest BCUT2D eigenvalue weighted by Gasteiger charge is -2.29. The Bertz CT molecular complexity index is 1160. The van der Waals surface area contributed by atoms with Crippen LogP contribution in [-0.2, 0) is 12.5 Å². The van der Waals surface area contributed by atoms with E-state index < -0.39 is 59.5 Å². The van der Waals surface area contributed by atoms with Crippen LogP contribution in [0, 0.1) is 23.3 Å². The lowest BCUT2D eigenvalue weighted by molar-refractivity contribution is -0.0443. The summed E-state index contributed by atoms with van der Waals surface area (Å²) in [7, 11) is 0. The first-order chi connectivity index (χ1) is 16.1. The van der Waals surface area contributed by atoms with Crippen LogP contribution >= 0.6 is 0 Å². The van der Waals surface area contributed by atoms with Crippen molar-refractivity contribution in [1.29, 1.82) is 0 Å². The molecule has 0 radical (unpaired) electrons. The van der Waals surface area contributed by atoms with Gasteiger partial charge in [0.05, 0.1) is 18.3 Å². The normalized spacial score (nSPS) is 12.7. The molecular weight excluding hydrogens is 466 g/mol. The van der Waals surface area contributed by atoms with Gasteiger partial charge in [0.25, 0.3) is 5.92 Å². The number of hydrazine groups is 1. The minimum Gasteiger partial charge on any atom is -0.486 e. The quantitative estimate of drug-likeness (QED) is 0.158. The highest BCUT2D eigenvalue weighted by atomic mass is 19.3. The van der Waals surface area contributed by atoms with Gasteiger partial charge in [-0.05, 0) is 23.8 Å². The highest BCUT2D eigenvalue weighted by molar-refractivity contribution is 5.53. The van der Waals surface area contributed by atoms with Crippen molar-refractivity contribution in [2.24, 2.45) is 16.8 Å². The molecule has 34 heavy (non-hydrogen) atoms. The van der Waals surface area contributed by atoms with Crippen molar-refractivity contribution in [2.75, 3.05) is 6.54 Å². The number of ether oxygens (including phenoxy) is 1. The van der Waals surface area contributed by atoms with E-state index in [4.69, 9.17) is 16.4 Å². The number of alkyl halides is 2. The lowest BCUT2D eigenvalue weighted by Crippen LogP contribution is -2.40. The Hall–Kier alpha value is -3.87. The maximum absolute atomic E-state index is 15.4. The van der Waals surface area contributed by atoms with E-state index in [1.165, 1.54) is 0 Å². The van der Waals surface area contributed by atoms with Crippen molar-refractivity contribution in [1.82, 2.24) is 15.0 Å². The molecule has 0 saturated carbocycles. The minimum absolute atomic E-state index is 0.00898. The van der Waals surface area contributed by atoms with Crippen LogP contribution in [0.2, 0.25) is 0 Å². The van der Waals surface area contributed by atoms with Gasteiger partial charge in [0, 0.05) is 18.7 Å². The van der Waals surface area contributed by atoms with Gasteiger partial charge in [0.2, 0.25) is 0 Å². The van der Waals surface area contributed by atoms with Gasteiger partial charge in [-0.3, -0.25) is 15.0 Å². The molecule has 1 unspecified atom stereocenters.